The molecule has 1 amide bonds. The Hall–Kier alpha value is -1.56. The molecule has 2 rings (SSSR count). The molecule has 0 radical (unpaired) electrons. The molecular formula is C17H19IN2O. The molecule has 21 heavy (non-hydrogen) atoms. The van der Waals surface area contributed by atoms with Crippen LogP contribution >= 0.6 is 22.6 Å². The second kappa shape index (κ2) is 8.02. The van der Waals surface area contributed by atoms with Gasteiger partial charge in [0.2, 0.25) is 5.91 Å². The van der Waals surface area contributed by atoms with Gasteiger partial charge in [-0.2, -0.15) is 0 Å². The minimum Gasteiger partial charge on any atom is -0.374 e. The molecule has 0 aliphatic rings. The second-order valence-electron chi connectivity index (χ2n) is 4.90. The first-order valence-corrected chi connectivity index (χ1v) is 8.07. The first-order chi connectivity index (χ1) is 10.1. The third kappa shape index (κ3) is 5.38. The normalized spacial score (nSPS) is 11.7. The summed E-state index contributed by atoms with van der Waals surface area (Å²) in [5.74, 6) is 0.0180. The van der Waals surface area contributed by atoms with Crippen molar-refractivity contribution in [3.63, 3.8) is 0 Å². The van der Waals surface area contributed by atoms with E-state index in [0.29, 0.717) is 6.54 Å². The molecule has 0 aliphatic carbocycles. The Morgan fingerprint density at radius 1 is 1.10 bits per heavy atom. The van der Waals surface area contributed by atoms with Crippen molar-refractivity contribution < 1.29 is 4.79 Å². The first kappa shape index (κ1) is 15.8. The molecule has 0 aliphatic heterocycles. The minimum absolute atomic E-state index is 0.0180. The zero-order valence-electron chi connectivity index (χ0n) is 12.0. The molecule has 0 saturated heterocycles. The van der Waals surface area contributed by atoms with E-state index in [1.807, 2.05) is 49.4 Å². The fraction of sp³-hybridized carbons (Fsp3) is 0.235. The van der Waals surface area contributed by atoms with Crippen LogP contribution in [0.15, 0.2) is 54.6 Å². The van der Waals surface area contributed by atoms with E-state index in [9.17, 15) is 4.79 Å². The highest BCUT2D eigenvalue weighted by Crippen LogP contribution is 2.12. The number of carbonyl (C=O) groups is 1. The molecule has 0 spiro atoms. The van der Waals surface area contributed by atoms with E-state index in [1.165, 1.54) is 9.13 Å². The predicted octanol–water partition coefficient (Wildman–Crippen LogP) is 3.45. The van der Waals surface area contributed by atoms with Crippen LogP contribution in [0.25, 0.3) is 0 Å². The molecular weight excluding hydrogens is 375 g/mol. The lowest BCUT2D eigenvalue weighted by Crippen LogP contribution is -2.38. The van der Waals surface area contributed by atoms with Crippen molar-refractivity contribution >= 4 is 34.2 Å². The van der Waals surface area contributed by atoms with Crippen LogP contribution in [0.1, 0.15) is 12.5 Å². The summed E-state index contributed by atoms with van der Waals surface area (Å²) in [6.45, 7) is 2.53. The highest BCUT2D eigenvalue weighted by Gasteiger charge is 2.11. The number of hydrogen-bond acceptors (Lipinski definition) is 2. The average molecular weight is 394 g/mol. The van der Waals surface area contributed by atoms with Gasteiger partial charge in [-0.1, -0.05) is 30.3 Å². The molecule has 1 atom stereocenters. The van der Waals surface area contributed by atoms with Gasteiger partial charge >= 0.3 is 0 Å². The fourth-order valence-electron chi connectivity index (χ4n) is 1.99. The predicted molar refractivity (Wildman–Crippen MR) is 95.4 cm³/mol. The number of rotatable bonds is 6. The quantitative estimate of drug-likeness (QED) is 0.737. The van der Waals surface area contributed by atoms with Gasteiger partial charge in [-0.3, -0.25) is 4.79 Å². The summed E-state index contributed by atoms with van der Waals surface area (Å²) < 4.78 is 1.18. The standard InChI is InChI=1S/C17H19IN2O/c1-13(20-16-9-7-15(18)8-10-16)17(21)19-12-11-14-5-3-2-4-6-14/h2-10,13,20H,11-12H2,1H3,(H,19,21)/t13-/m1/s1. The van der Waals surface area contributed by atoms with Gasteiger partial charge in [0.15, 0.2) is 0 Å². The third-order valence-electron chi connectivity index (χ3n) is 3.18. The average Bonchev–Trinajstić information content (AvgIpc) is 2.50. The third-order valence-corrected chi connectivity index (χ3v) is 3.90. The second-order valence-corrected chi connectivity index (χ2v) is 6.15. The maximum Gasteiger partial charge on any atom is 0.242 e. The Kier molecular flexibility index (Phi) is 6.04. The molecule has 2 aromatic rings. The van der Waals surface area contributed by atoms with Crippen LogP contribution in [0.3, 0.4) is 0 Å². The number of hydrogen-bond donors (Lipinski definition) is 2. The molecule has 0 fully saturated rings. The SMILES string of the molecule is C[C@@H](Nc1ccc(I)cc1)C(=O)NCCc1ccccc1. The van der Waals surface area contributed by atoms with Gasteiger partial charge in [0.1, 0.15) is 6.04 Å². The molecule has 2 aromatic carbocycles. The number of carbonyl (C=O) groups excluding carboxylic acids is 1. The number of amides is 1. The highest BCUT2D eigenvalue weighted by molar-refractivity contribution is 14.1. The van der Waals surface area contributed by atoms with Crippen LogP contribution in [-0.2, 0) is 11.2 Å². The van der Waals surface area contributed by atoms with Gasteiger partial charge in [0.25, 0.3) is 0 Å². The number of nitrogens with one attached hydrogen (secondary N) is 2. The molecule has 0 bridgehead atoms. The van der Waals surface area contributed by atoms with E-state index in [1.54, 1.807) is 0 Å². The zero-order chi connectivity index (χ0) is 15.1. The van der Waals surface area contributed by atoms with Gasteiger partial charge in [-0.25, -0.2) is 0 Å². The van der Waals surface area contributed by atoms with E-state index in [2.05, 4.69) is 45.4 Å². The zero-order valence-corrected chi connectivity index (χ0v) is 14.1. The Balaban J connectivity index is 1.76. The van der Waals surface area contributed by atoms with Crippen LogP contribution in [0.4, 0.5) is 5.69 Å². The highest BCUT2D eigenvalue weighted by atomic mass is 127. The summed E-state index contributed by atoms with van der Waals surface area (Å²) in [5, 5.41) is 6.16. The molecule has 0 heterocycles. The first-order valence-electron chi connectivity index (χ1n) is 6.99. The van der Waals surface area contributed by atoms with Crippen molar-refractivity contribution in [1.82, 2.24) is 5.32 Å². The van der Waals surface area contributed by atoms with Crippen LogP contribution < -0.4 is 10.6 Å². The Labute approximate surface area is 139 Å². The largest absolute Gasteiger partial charge is 0.374 e. The van der Waals surface area contributed by atoms with E-state index in [0.717, 1.165) is 12.1 Å². The number of halogens is 1. The maximum absolute atomic E-state index is 12.0. The van der Waals surface area contributed by atoms with Crippen LogP contribution in [0, 0.1) is 3.57 Å². The van der Waals surface area contributed by atoms with Gasteiger partial charge in [0, 0.05) is 15.8 Å². The minimum atomic E-state index is -0.249. The maximum atomic E-state index is 12.0. The van der Waals surface area contributed by atoms with Crippen LogP contribution in [0.2, 0.25) is 0 Å². The van der Waals surface area contributed by atoms with Crippen molar-refractivity contribution in [3.8, 4) is 0 Å². The lowest BCUT2D eigenvalue weighted by Gasteiger charge is -2.15. The number of benzene rings is 2. The van der Waals surface area contributed by atoms with Crippen molar-refractivity contribution in [2.45, 2.75) is 19.4 Å². The van der Waals surface area contributed by atoms with E-state index >= 15 is 0 Å². The van der Waals surface area contributed by atoms with Crippen molar-refractivity contribution in [2.24, 2.45) is 0 Å². The monoisotopic (exact) mass is 394 g/mol. The van der Waals surface area contributed by atoms with Crippen molar-refractivity contribution in [3.05, 3.63) is 63.7 Å². The molecule has 0 saturated carbocycles. The topological polar surface area (TPSA) is 41.1 Å². The van der Waals surface area contributed by atoms with Crippen molar-refractivity contribution in [1.29, 1.82) is 0 Å². The summed E-state index contributed by atoms with van der Waals surface area (Å²) in [6.07, 6.45) is 0.850. The molecule has 4 heteroatoms. The fourth-order valence-corrected chi connectivity index (χ4v) is 2.35. The number of anilines is 1. The Morgan fingerprint density at radius 3 is 2.43 bits per heavy atom. The smallest absolute Gasteiger partial charge is 0.242 e. The molecule has 2 N–H and O–H groups in total. The summed E-state index contributed by atoms with van der Waals surface area (Å²) in [7, 11) is 0. The van der Waals surface area contributed by atoms with Crippen LogP contribution in [0.5, 0.6) is 0 Å². The van der Waals surface area contributed by atoms with Gasteiger partial charge in [0.05, 0.1) is 0 Å². The van der Waals surface area contributed by atoms with Gasteiger partial charge in [-0.15, -0.1) is 0 Å². The van der Waals surface area contributed by atoms with Gasteiger partial charge in [-0.05, 0) is 65.8 Å². The summed E-state index contributed by atoms with van der Waals surface area (Å²) in [4.78, 5) is 12.0. The molecule has 0 aromatic heterocycles. The lowest BCUT2D eigenvalue weighted by molar-refractivity contribution is -0.121. The van der Waals surface area contributed by atoms with Crippen LogP contribution in [-0.4, -0.2) is 18.5 Å². The molecule has 110 valence electrons. The van der Waals surface area contributed by atoms with Crippen molar-refractivity contribution in [2.75, 3.05) is 11.9 Å². The van der Waals surface area contributed by atoms with E-state index in [-0.39, 0.29) is 11.9 Å². The van der Waals surface area contributed by atoms with Gasteiger partial charge < -0.3 is 10.6 Å². The summed E-state index contributed by atoms with van der Waals surface area (Å²) >= 11 is 2.26. The Morgan fingerprint density at radius 2 is 1.76 bits per heavy atom. The summed E-state index contributed by atoms with van der Waals surface area (Å²) in [6, 6.07) is 17.9. The van der Waals surface area contributed by atoms with E-state index in [4.69, 9.17) is 0 Å². The van der Waals surface area contributed by atoms with E-state index < -0.39 is 0 Å². The summed E-state index contributed by atoms with van der Waals surface area (Å²) in [5.41, 5.74) is 2.19. The molecule has 3 nitrogen and oxygen atoms in total. The molecule has 0 unspecified atom stereocenters. The lowest BCUT2D eigenvalue weighted by atomic mass is 10.1. The Bertz CT molecular complexity index is 569.